The number of benzene rings is 1. The number of piperazine rings is 1. The van der Waals surface area contributed by atoms with Crippen molar-refractivity contribution in [3.05, 3.63) is 47.4 Å². The SMILES string of the molecule is CCC1COC(=O)N1c1cc(F)nc(NCc2ccc(CN3CCN(C(=O)OC(C)(C)C)CC3)cc2)n1. The summed E-state index contributed by atoms with van der Waals surface area (Å²) in [6.45, 7) is 11.8. The third-order valence-electron chi connectivity index (χ3n) is 6.26. The van der Waals surface area contributed by atoms with E-state index in [4.69, 9.17) is 9.47 Å². The van der Waals surface area contributed by atoms with E-state index < -0.39 is 17.6 Å². The molecular weight excluding hydrogens is 479 g/mol. The van der Waals surface area contributed by atoms with E-state index in [2.05, 4.69) is 32.3 Å². The Hall–Kier alpha value is -3.47. The highest BCUT2D eigenvalue weighted by atomic mass is 19.1. The number of hydrogen-bond donors (Lipinski definition) is 1. The maximum absolute atomic E-state index is 14.2. The second kappa shape index (κ2) is 11.3. The molecule has 37 heavy (non-hydrogen) atoms. The lowest BCUT2D eigenvalue weighted by Crippen LogP contribution is -2.49. The molecule has 0 spiro atoms. The van der Waals surface area contributed by atoms with Gasteiger partial charge in [-0.2, -0.15) is 14.4 Å². The molecule has 11 heteroatoms. The summed E-state index contributed by atoms with van der Waals surface area (Å²) in [5, 5.41) is 3.04. The number of amides is 2. The van der Waals surface area contributed by atoms with E-state index in [1.54, 1.807) is 4.90 Å². The van der Waals surface area contributed by atoms with Gasteiger partial charge in [0.05, 0.1) is 6.04 Å². The number of cyclic esters (lactones) is 1. The van der Waals surface area contributed by atoms with Crippen molar-refractivity contribution in [2.45, 2.75) is 58.8 Å². The van der Waals surface area contributed by atoms with Crippen molar-refractivity contribution in [1.29, 1.82) is 0 Å². The maximum atomic E-state index is 14.2. The molecule has 1 aromatic carbocycles. The van der Waals surface area contributed by atoms with Crippen LogP contribution in [0.25, 0.3) is 0 Å². The minimum absolute atomic E-state index is 0.108. The summed E-state index contributed by atoms with van der Waals surface area (Å²) in [6.07, 6.45) is -0.118. The second-order valence-corrected chi connectivity index (χ2v) is 10.3. The van der Waals surface area contributed by atoms with Gasteiger partial charge in [0.1, 0.15) is 18.0 Å². The van der Waals surface area contributed by atoms with Crippen LogP contribution in [0, 0.1) is 5.95 Å². The Kier molecular flexibility index (Phi) is 8.11. The van der Waals surface area contributed by atoms with Crippen LogP contribution < -0.4 is 10.2 Å². The number of rotatable bonds is 7. The molecule has 10 nitrogen and oxygen atoms in total. The van der Waals surface area contributed by atoms with Crippen molar-refractivity contribution in [3.8, 4) is 0 Å². The molecule has 0 saturated carbocycles. The van der Waals surface area contributed by atoms with Gasteiger partial charge in [0.25, 0.3) is 0 Å². The van der Waals surface area contributed by atoms with E-state index in [9.17, 15) is 14.0 Å². The third kappa shape index (κ3) is 7.06. The summed E-state index contributed by atoms with van der Waals surface area (Å²) < 4.78 is 24.7. The number of nitrogens with one attached hydrogen (secondary N) is 1. The van der Waals surface area contributed by atoms with Crippen LogP contribution in [0.15, 0.2) is 30.3 Å². The first kappa shape index (κ1) is 26.6. The van der Waals surface area contributed by atoms with Gasteiger partial charge in [-0.15, -0.1) is 0 Å². The summed E-state index contributed by atoms with van der Waals surface area (Å²) in [4.78, 5) is 37.9. The zero-order chi connectivity index (χ0) is 26.6. The highest BCUT2D eigenvalue weighted by molar-refractivity contribution is 5.89. The molecule has 2 amide bonds. The zero-order valence-corrected chi connectivity index (χ0v) is 21.9. The number of carbonyl (C=O) groups is 2. The summed E-state index contributed by atoms with van der Waals surface area (Å²) in [5.74, 6) is -0.424. The normalized spacial score (nSPS) is 18.6. The zero-order valence-electron chi connectivity index (χ0n) is 21.9. The lowest BCUT2D eigenvalue weighted by atomic mass is 10.1. The molecule has 0 radical (unpaired) electrons. The van der Waals surface area contributed by atoms with Gasteiger partial charge in [-0.05, 0) is 38.3 Å². The highest BCUT2D eigenvalue weighted by Gasteiger charge is 2.34. The Labute approximate surface area is 216 Å². The Morgan fingerprint density at radius 2 is 1.81 bits per heavy atom. The van der Waals surface area contributed by atoms with Crippen molar-refractivity contribution in [1.82, 2.24) is 19.8 Å². The highest BCUT2D eigenvalue weighted by Crippen LogP contribution is 2.24. The number of ether oxygens (including phenoxy) is 2. The smallest absolute Gasteiger partial charge is 0.415 e. The van der Waals surface area contributed by atoms with E-state index in [1.807, 2.05) is 39.8 Å². The molecule has 2 aliphatic heterocycles. The number of halogens is 1. The van der Waals surface area contributed by atoms with Crippen LogP contribution in [-0.4, -0.2) is 76.4 Å². The van der Waals surface area contributed by atoms with Gasteiger partial charge in [-0.3, -0.25) is 9.80 Å². The van der Waals surface area contributed by atoms with Crippen molar-refractivity contribution in [3.63, 3.8) is 0 Å². The molecule has 1 atom stereocenters. The molecule has 3 heterocycles. The largest absolute Gasteiger partial charge is 0.447 e. The van der Waals surface area contributed by atoms with Gasteiger partial charge in [-0.1, -0.05) is 31.2 Å². The molecule has 1 aromatic heterocycles. The van der Waals surface area contributed by atoms with Gasteiger partial charge in [-0.25, -0.2) is 9.59 Å². The molecule has 4 rings (SSSR count). The minimum atomic E-state index is -0.718. The first-order valence-electron chi connectivity index (χ1n) is 12.6. The van der Waals surface area contributed by atoms with Gasteiger partial charge in [0, 0.05) is 45.3 Å². The second-order valence-electron chi connectivity index (χ2n) is 10.3. The van der Waals surface area contributed by atoms with Gasteiger partial charge in [0.15, 0.2) is 0 Å². The van der Waals surface area contributed by atoms with Crippen molar-refractivity contribution in [2.75, 3.05) is 43.0 Å². The number of aromatic nitrogens is 2. The minimum Gasteiger partial charge on any atom is -0.447 e. The van der Waals surface area contributed by atoms with Crippen molar-refractivity contribution >= 4 is 24.0 Å². The average Bonchev–Trinajstić information content (AvgIpc) is 3.23. The summed E-state index contributed by atoms with van der Waals surface area (Å²) in [5.41, 5.74) is 1.66. The topological polar surface area (TPSA) is 100 Å². The summed E-state index contributed by atoms with van der Waals surface area (Å²) in [6, 6.07) is 9.09. The van der Waals surface area contributed by atoms with E-state index >= 15 is 0 Å². The maximum Gasteiger partial charge on any atom is 0.415 e. The number of carbonyl (C=O) groups excluding carboxylic acids is 2. The predicted octanol–water partition coefficient (Wildman–Crippen LogP) is 4.02. The molecule has 1 unspecified atom stereocenters. The molecule has 0 aliphatic carbocycles. The molecule has 200 valence electrons. The molecule has 2 aliphatic rings. The van der Waals surface area contributed by atoms with E-state index in [0.29, 0.717) is 26.1 Å². The Bertz CT molecular complexity index is 1100. The fourth-order valence-electron chi connectivity index (χ4n) is 4.27. The average molecular weight is 515 g/mol. The lowest BCUT2D eigenvalue weighted by Gasteiger charge is -2.35. The fraction of sp³-hybridized carbons (Fsp3) is 0.538. The van der Waals surface area contributed by atoms with Gasteiger partial charge < -0.3 is 19.7 Å². The van der Waals surface area contributed by atoms with Crippen LogP contribution >= 0.6 is 0 Å². The summed E-state index contributed by atoms with van der Waals surface area (Å²) >= 11 is 0. The van der Waals surface area contributed by atoms with Crippen LogP contribution in [0.2, 0.25) is 0 Å². The monoisotopic (exact) mass is 514 g/mol. The summed E-state index contributed by atoms with van der Waals surface area (Å²) in [7, 11) is 0. The van der Waals surface area contributed by atoms with Gasteiger partial charge >= 0.3 is 12.2 Å². The predicted molar refractivity (Wildman–Crippen MR) is 137 cm³/mol. The van der Waals surface area contributed by atoms with Crippen LogP contribution in [-0.2, 0) is 22.6 Å². The Balaban J connectivity index is 1.28. The van der Waals surface area contributed by atoms with Crippen molar-refractivity contribution in [2.24, 2.45) is 0 Å². The molecular formula is C26H35FN6O4. The van der Waals surface area contributed by atoms with Crippen LogP contribution in [0.3, 0.4) is 0 Å². The first-order chi connectivity index (χ1) is 17.6. The van der Waals surface area contributed by atoms with E-state index in [1.165, 1.54) is 4.90 Å². The number of hydrogen-bond acceptors (Lipinski definition) is 8. The first-order valence-corrected chi connectivity index (χ1v) is 12.6. The quantitative estimate of drug-likeness (QED) is 0.553. The van der Waals surface area contributed by atoms with Gasteiger partial charge in [0.2, 0.25) is 11.9 Å². The molecule has 2 saturated heterocycles. The Morgan fingerprint density at radius 1 is 1.14 bits per heavy atom. The van der Waals surface area contributed by atoms with Crippen molar-refractivity contribution < 1.29 is 23.5 Å². The number of nitrogens with zero attached hydrogens (tertiary/aromatic N) is 5. The standard InChI is InChI=1S/C26H35FN6O4/c1-5-20-17-36-25(35)33(20)22-14-21(27)29-23(30-22)28-15-18-6-8-19(9-7-18)16-31-10-12-32(13-11-31)24(34)37-26(2,3)4/h6-9,14,20H,5,10-13,15-17H2,1-4H3,(H,28,29,30). The Morgan fingerprint density at radius 3 is 2.46 bits per heavy atom. The van der Waals surface area contributed by atoms with E-state index in [0.717, 1.165) is 36.8 Å². The van der Waals surface area contributed by atoms with Crippen LogP contribution in [0.4, 0.5) is 25.7 Å². The number of anilines is 2. The lowest BCUT2D eigenvalue weighted by molar-refractivity contribution is 0.0139. The third-order valence-corrected chi connectivity index (χ3v) is 6.26. The molecule has 1 N–H and O–H groups in total. The molecule has 0 bridgehead atoms. The van der Waals surface area contributed by atoms with Crippen LogP contribution in [0.5, 0.6) is 0 Å². The molecule has 2 fully saturated rings. The van der Waals surface area contributed by atoms with E-state index in [-0.39, 0.29) is 30.5 Å². The van der Waals surface area contributed by atoms with Crippen LogP contribution in [0.1, 0.15) is 45.2 Å². The molecule has 2 aromatic rings. The fourth-order valence-corrected chi connectivity index (χ4v) is 4.27.